The van der Waals surface area contributed by atoms with Gasteiger partial charge in [0.05, 0.1) is 16.6 Å². The molecule has 7 heteroatoms. The van der Waals surface area contributed by atoms with Gasteiger partial charge in [-0.1, -0.05) is 23.2 Å². The average Bonchev–Trinajstić information content (AvgIpc) is 2.68. The van der Waals surface area contributed by atoms with E-state index in [4.69, 9.17) is 23.2 Å². The quantitative estimate of drug-likeness (QED) is 0.917. The van der Waals surface area contributed by atoms with Crippen molar-refractivity contribution in [2.75, 3.05) is 38.0 Å². The Morgan fingerprint density at radius 3 is 2.59 bits per heavy atom. The van der Waals surface area contributed by atoms with Crippen molar-refractivity contribution < 1.29 is 9.59 Å². The van der Waals surface area contributed by atoms with Gasteiger partial charge in [-0.15, -0.1) is 0 Å². The Kier molecular flexibility index (Phi) is 6.06. The number of hydrogen-bond acceptors (Lipinski definition) is 3. The second-order valence-electron chi connectivity index (χ2n) is 5.31. The van der Waals surface area contributed by atoms with E-state index in [9.17, 15) is 9.59 Å². The lowest BCUT2D eigenvalue weighted by molar-refractivity contribution is -0.128. The molecular weight excluding hydrogens is 325 g/mol. The summed E-state index contributed by atoms with van der Waals surface area (Å²) in [4.78, 5) is 27.3. The third-order valence-corrected chi connectivity index (χ3v) is 4.34. The Balaban J connectivity index is 1.86. The number of carbonyl (C=O) groups excluding carboxylic acids is 2. The van der Waals surface area contributed by atoms with Crippen LogP contribution in [0.25, 0.3) is 0 Å². The molecule has 1 N–H and O–H groups in total. The summed E-state index contributed by atoms with van der Waals surface area (Å²) in [6.07, 6.45) is 0.875. The Morgan fingerprint density at radius 1 is 1.14 bits per heavy atom. The van der Waals surface area contributed by atoms with Crippen LogP contribution in [0, 0.1) is 0 Å². The minimum Gasteiger partial charge on any atom is -0.342 e. The molecule has 5 nitrogen and oxygen atoms in total. The molecule has 1 aliphatic rings. The van der Waals surface area contributed by atoms with E-state index in [0.717, 1.165) is 19.5 Å². The van der Waals surface area contributed by atoms with Gasteiger partial charge in [0.15, 0.2) is 0 Å². The molecule has 1 fully saturated rings. The topological polar surface area (TPSA) is 52.7 Å². The van der Waals surface area contributed by atoms with E-state index in [1.807, 2.05) is 4.90 Å². The number of amides is 2. The van der Waals surface area contributed by atoms with Crippen LogP contribution in [-0.4, -0.2) is 54.3 Å². The standard InChI is InChI=1S/C15H19Cl2N3O2/c1-11(21)20-6-2-5-19(7-8-20)10-15(22)18-12-3-4-13(16)14(17)9-12/h3-4,9H,2,5-8,10H2,1H3,(H,18,22). The highest BCUT2D eigenvalue weighted by Crippen LogP contribution is 2.24. The van der Waals surface area contributed by atoms with E-state index in [-0.39, 0.29) is 11.8 Å². The number of rotatable bonds is 3. The number of carbonyl (C=O) groups is 2. The number of hydrogen-bond donors (Lipinski definition) is 1. The van der Waals surface area contributed by atoms with Crippen molar-refractivity contribution in [2.45, 2.75) is 13.3 Å². The zero-order valence-corrected chi connectivity index (χ0v) is 14.0. The largest absolute Gasteiger partial charge is 0.342 e. The predicted molar refractivity (Wildman–Crippen MR) is 88.4 cm³/mol. The molecule has 2 rings (SSSR count). The van der Waals surface area contributed by atoms with E-state index >= 15 is 0 Å². The summed E-state index contributed by atoms with van der Waals surface area (Å²) in [7, 11) is 0. The fourth-order valence-corrected chi connectivity index (χ4v) is 2.72. The highest BCUT2D eigenvalue weighted by atomic mass is 35.5. The first kappa shape index (κ1) is 17.1. The maximum absolute atomic E-state index is 12.1. The van der Waals surface area contributed by atoms with Gasteiger partial charge in [0.1, 0.15) is 0 Å². The summed E-state index contributed by atoms with van der Waals surface area (Å²) in [5.74, 6) is -0.0169. The van der Waals surface area contributed by atoms with E-state index in [1.165, 1.54) is 0 Å². The summed E-state index contributed by atoms with van der Waals surface area (Å²) in [6, 6.07) is 4.99. The fraction of sp³-hybridized carbons (Fsp3) is 0.467. The van der Waals surface area contributed by atoms with E-state index in [1.54, 1.807) is 25.1 Å². The number of nitrogens with zero attached hydrogens (tertiary/aromatic N) is 2. The van der Waals surface area contributed by atoms with Crippen LogP contribution in [-0.2, 0) is 9.59 Å². The van der Waals surface area contributed by atoms with Crippen LogP contribution in [0.1, 0.15) is 13.3 Å². The molecule has 0 aliphatic carbocycles. The zero-order valence-electron chi connectivity index (χ0n) is 12.4. The Morgan fingerprint density at radius 2 is 1.91 bits per heavy atom. The van der Waals surface area contributed by atoms with Gasteiger partial charge >= 0.3 is 0 Å². The molecule has 2 amide bonds. The highest BCUT2D eigenvalue weighted by molar-refractivity contribution is 6.42. The van der Waals surface area contributed by atoms with Gasteiger partial charge in [0, 0.05) is 38.8 Å². The van der Waals surface area contributed by atoms with Crippen LogP contribution < -0.4 is 5.32 Å². The summed E-state index contributed by atoms with van der Waals surface area (Å²) in [5, 5.41) is 3.67. The van der Waals surface area contributed by atoms with Gasteiger partial charge in [0.2, 0.25) is 11.8 Å². The number of nitrogens with one attached hydrogen (secondary N) is 1. The molecule has 22 heavy (non-hydrogen) atoms. The van der Waals surface area contributed by atoms with Crippen LogP contribution in [0.4, 0.5) is 5.69 Å². The molecular formula is C15H19Cl2N3O2. The van der Waals surface area contributed by atoms with Gasteiger partial charge in [-0.05, 0) is 24.6 Å². The van der Waals surface area contributed by atoms with Gasteiger partial charge in [-0.2, -0.15) is 0 Å². The van der Waals surface area contributed by atoms with Crippen LogP contribution in [0.2, 0.25) is 10.0 Å². The normalized spacial score (nSPS) is 16.2. The second-order valence-corrected chi connectivity index (χ2v) is 6.13. The molecule has 1 heterocycles. The van der Waals surface area contributed by atoms with Crippen molar-refractivity contribution in [3.8, 4) is 0 Å². The molecule has 0 bridgehead atoms. The lowest BCUT2D eigenvalue weighted by Gasteiger charge is -2.20. The monoisotopic (exact) mass is 343 g/mol. The molecule has 0 saturated carbocycles. The molecule has 1 aromatic rings. The van der Waals surface area contributed by atoms with Crippen LogP contribution in [0.15, 0.2) is 18.2 Å². The first-order valence-corrected chi connectivity index (χ1v) is 7.94. The molecule has 0 spiro atoms. The molecule has 0 unspecified atom stereocenters. The maximum Gasteiger partial charge on any atom is 0.238 e. The van der Waals surface area contributed by atoms with Gasteiger partial charge in [-0.3, -0.25) is 14.5 Å². The second kappa shape index (κ2) is 7.81. The average molecular weight is 344 g/mol. The molecule has 1 saturated heterocycles. The Hall–Kier alpha value is -1.30. The fourth-order valence-electron chi connectivity index (χ4n) is 2.42. The minimum atomic E-state index is -0.102. The first-order chi connectivity index (χ1) is 10.5. The van der Waals surface area contributed by atoms with Crippen molar-refractivity contribution in [1.29, 1.82) is 0 Å². The molecule has 120 valence electrons. The van der Waals surface area contributed by atoms with Crippen LogP contribution in [0.3, 0.4) is 0 Å². The van der Waals surface area contributed by atoms with Gasteiger partial charge in [0.25, 0.3) is 0 Å². The molecule has 1 aliphatic heterocycles. The van der Waals surface area contributed by atoms with E-state index in [2.05, 4.69) is 10.2 Å². The number of anilines is 1. The lowest BCUT2D eigenvalue weighted by Crippen LogP contribution is -2.37. The summed E-state index contributed by atoms with van der Waals surface area (Å²) in [5.41, 5.74) is 0.625. The van der Waals surface area contributed by atoms with Gasteiger partial charge < -0.3 is 10.2 Å². The molecule has 0 atom stereocenters. The Labute approximate surface area is 140 Å². The summed E-state index contributed by atoms with van der Waals surface area (Å²) >= 11 is 11.8. The third-order valence-electron chi connectivity index (χ3n) is 3.60. The van der Waals surface area contributed by atoms with E-state index < -0.39 is 0 Å². The molecule has 0 aromatic heterocycles. The Bertz CT molecular complexity index is 566. The number of halogens is 2. The summed E-state index contributed by atoms with van der Waals surface area (Å²) < 4.78 is 0. The van der Waals surface area contributed by atoms with Crippen LogP contribution in [0.5, 0.6) is 0 Å². The summed E-state index contributed by atoms with van der Waals surface area (Å²) in [6.45, 7) is 4.79. The van der Waals surface area contributed by atoms with Crippen molar-refractivity contribution in [3.63, 3.8) is 0 Å². The van der Waals surface area contributed by atoms with Crippen molar-refractivity contribution in [1.82, 2.24) is 9.80 Å². The van der Waals surface area contributed by atoms with Crippen molar-refractivity contribution in [2.24, 2.45) is 0 Å². The van der Waals surface area contributed by atoms with Crippen molar-refractivity contribution in [3.05, 3.63) is 28.2 Å². The molecule has 1 aromatic carbocycles. The van der Waals surface area contributed by atoms with Gasteiger partial charge in [-0.25, -0.2) is 0 Å². The first-order valence-electron chi connectivity index (χ1n) is 7.18. The third kappa shape index (κ3) is 4.87. The predicted octanol–water partition coefficient (Wildman–Crippen LogP) is 2.49. The molecule has 0 radical (unpaired) electrons. The maximum atomic E-state index is 12.1. The smallest absolute Gasteiger partial charge is 0.238 e. The minimum absolute atomic E-state index is 0.0853. The van der Waals surface area contributed by atoms with Crippen molar-refractivity contribution >= 4 is 40.7 Å². The van der Waals surface area contributed by atoms with E-state index in [0.29, 0.717) is 35.4 Å². The lowest BCUT2D eigenvalue weighted by atomic mass is 10.3. The SMILES string of the molecule is CC(=O)N1CCCN(CC(=O)Nc2ccc(Cl)c(Cl)c2)CC1. The zero-order chi connectivity index (χ0) is 16.1. The number of benzene rings is 1. The van der Waals surface area contributed by atoms with Crippen LogP contribution >= 0.6 is 23.2 Å². The highest BCUT2D eigenvalue weighted by Gasteiger charge is 2.18.